The van der Waals surface area contributed by atoms with Crippen LogP contribution in [0.1, 0.15) is 29.8 Å². The highest BCUT2D eigenvalue weighted by Crippen LogP contribution is 2.31. The number of nitrogens with one attached hydrogen (secondary N) is 1. The molecule has 0 heterocycles. The number of anilines is 1. The predicted molar refractivity (Wildman–Crippen MR) is 107 cm³/mol. The molecule has 0 aliphatic heterocycles. The minimum absolute atomic E-state index is 0.117. The second-order valence-electron chi connectivity index (χ2n) is 6.45. The number of carbonyl (C=O) groups is 2. The number of hydrogen-bond donors (Lipinski definition) is 1. The molecule has 4 nitrogen and oxygen atoms in total. The summed E-state index contributed by atoms with van der Waals surface area (Å²) < 4.78 is 4.76. The summed E-state index contributed by atoms with van der Waals surface area (Å²) in [7, 11) is 1.37. The maximum absolute atomic E-state index is 12.4. The van der Waals surface area contributed by atoms with Crippen molar-refractivity contribution in [3.63, 3.8) is 0 Å². The Balaban J connectivity index is 2.11. The molecule has 0 unspecified atom stereocenters. The van der Waals surface area contributed by atoms with Crippen LogP contribution in [0.15, 0.2) is 53.4 Å². The van der Waals surface area contributed by atoms with Crippen LogP contribution in [0.4, 0.5) is 5.69 Å². The van der Waals surface area contributed by atoms with Gasteiger partial charge >= 0.3 is 5.97 Å². The largest absolute Gasteiger partial charge is 0.465 e. The highest BCUT2D eigenvalue weighted by Gasteiger charge is 2.27. The van der Waals surface area contributed by atoms with E-state index >= 15 is 0 Å². The van der Waals surface area contributed by atoms with Gasteiger partial charge in [0.25, 0.3) is 0 Å². The van der Waals surface area contributed by atoms with Crippen LogP contribution in [0.25, 0.3) is 0 Å². The Hall–Kier alpha value is -1.98. The van der Waals surface area contributed by atoms with Gasteiger partial charge in [0, 0.05) is 16.5 Å². The van der Waals surface area contributed by atoms with Gasteiger partial charge in [0.1, 0.15) is 0 Å². The van der Waals surface area contributed by atoms with Crippen LogP contribution in [0, 0.1) is 5.41 Å². The summed E-state index contributed by atoms with van der Waals surface area (Å²) in [5, 5.41) is 2.96. The number of amides is 1. The number of para-hydroxylation sites is 1. The molecule has 2 aromatic carbocycles. The number of rotatable bonds is 7. The first-order valence-corrected chi connectivity index (χ1v) is 9.66. The van der Waals surface area contributed by atoms with Crippen molar-refractivity contribution in [3.8, 4) is 0 Å². The molecule has 0 radical (unpaired) electrons. The Labute approximate surface area is 163 Å². The molecule has 2 aromatic rings. The number of ether oxygens (including phenoxy) is 1. The van der Waals surface area contributed by atoms with Crippen molar-refractivity contribution in [2.24, 2.45) is 5.41 Å². The number of methoxy groups -OCH3 is 1. The predicted octanol–water partition coefficient (Wildman–Crippen LogP) is 4.97. The highest BCUT2D eigenvalue weighted by molar-refractivity contribution is 7.98. The number of hydrogen-bond acceptors (Lipinski definition) is 4. The van der Waals surface area contributed by atoms with Gasteiger partial charge in [-0.05, 0) is 43.7 Å². The number of carbonyl (C=O) groups excluding carboxylic acids is 2. The van der Waals surface area contributed by atoms with Crippen molar-refractivity contribution < 1.29 is 14.3 Å². The van der Waals surface area contributed by atoms with Crippen LogP contribution < -0.4 is 5.32 Å². The fourth-order valence-electron chi connectivity index (χ4n) is 2.11. The lowest BCUT2D eigenvalue weighted by molar-refractivity contribution is -0.122. The average molecular weight is 392 g/mol. The third-order valence-corrected chi connectivity index (χ3v) is 5.64. The Morgan fingerprint density at radius 3 is 2.58 bits per heavy atom. The van der Waals surface area contributed by atoms with Crippen LogP contribution in [-0.2, 0) is 15.3 Å². The smallest absolute Gasteiger partial charge is 0.337 e. The number of benzene rings is 2. The summed E-state index contributed by atoms with van der Waals surface area (Å²) in [5.41, 5.74) is 1.63. The Bertz CT molecular complexity index is 792. The van der Waals surface area contributed by atoms with E-state index in [0.29, 0.717) is 11.3 Å². The van der Waals surface area contributed by atoms with E-state index in [0.717, 1.165) is 16.1 Å². The molecule has 0 atom stereocenters. The first kappa shape index (κ1) is 20.3. The molecule has 0 aromatic heterocycles. The zero-order valence-corrected chi connectivity index (χ0v) is 16.6. The third kappa shape index (κ3) is 5.26. The summed E-state index contributed by atoms with van der Waals surface area (Å²) in [6, 6.07) is 15.0. The molecule has 0 aliphatic carbocycles. The SMILES string of the molecule is COC(=O)c1cccc(CSc2ccccc2NC(=O)C(C)(C)CCl)c1. The number of esters is 1. The molecule has 0 spiro atoms. The van der Waals surface area contributed by atoms with E-state index in [1.807, 2.05) is 56.3 Å². The van der Waals surface area contributed by atoms with Gasteiger partial charge in [0.05, 0.1) is 23.8 Å². The van der Waals surface area contributed by atoms with Gasteiger partial charge < -0.3 is 10.1 Å². The van der Waals surface area contributed by atoms with Crippen LogP contribution in [-0.4, -0.2) is 24.9 Å². The van der Waals surface area contributed by atoms with E-state index in [2.05, 4.69) is 5.32 Å². The summed E-state index contributed by atoms with van der Waals surface area (Å²) in [6.45, 7) is 3.62. The normalized spacial score (nSPS) is 11.1. The maximum atomic E-state index is 12.4. The Kier molecular flexibility index (Phi) is 7.12. The summed E-state index contributed by atoms with van der Waals surface area (Å²) in [5.74, 6) is 0.437. The van der Waals surface area contributed by atoms with E-state index in [4.69, 9.17) is 16.3 Å². The molecule has 1 amide bonds. The first-order valence-electron chi connectivity index (χ1n) is 8.14. The molecule has 0 saturated heterocycles. The molecule has 0 aliphatic rings. The second kappa shape index (κ2) is 9.10. The summed E-state index contributed by atoms with van der Waals surface area (Å²) >= 11 is 7.47. The third-order valence-electron chi connectivity index (χ3n) is 3.83. The molecule has 0 bridgehead atoms. The molecule has 26 heavy (non-hydrogen) atoms. The quantitative estimate of drug-likeness (QED) is 0.411. The Morgan fingerprint density at radius 2 is 1.88 bits per heavy atom. The average Bonchev–Trinajstić information content (AvgIpc) is 2.66. The number of thioether (sulfide) groups is 1. The van der Waals surface area contributed by atoms with Gasteiger partial charge in [0.2, 0.25) is 5.91 Å². The summed E-state index contributed by atoms with van der Waals surface area (Å²) in [4.78, 5) is 25.0. The van der Waals surface area contributed by atoms with Crippen molar-refractivity contribution in [3.05, 3.63) is 59.7 Å². The molecule has 138 valence electrons. The topological polar surface area (TPSA) is 55.4 Å². The molecule has 0 fully saturated rings. The van der Waals surface area contributed by atoms with Gasteiger partial charge in [-0.15, -0.1) is 23.4 Å². The minimum atomic E-state index is -0.645. The van der Waals surface area contributed by atoms with Gasteiger partial charge in [-0.3, -0.25) is 4.79 Å². The lowest BCUT2D eigenvalue weighted by Crippen LogP contribution is -2.32. The van der Waals surface area contributed by atoms with Crippen LogP contribution >= 0.6 is 23.4 Å². The molecular formula is C20H22ClNO3S. The van der Waals surface area contributed by atoms with Gasteiger partial charge in [-0.25, -0.2) is 4.79 Å². The van der Waals surface area contributed by atoms with E-state index in [1.165, 1.54) is 7.11 Å². The van der Waals surface area contributed by atoms with Gasteiger partial charge in [0.15, 0.2) is 0 Å². The van der Waals surface area contributed by atoms with Gasteiger partial charge in [-0.2, -0.15) is 0 Å². The van der Waals surface area contributed by atoms with E-state index in [1.54, 1.807) is 17.8 Å². The van der Waals surface area contributed by atoms with Crippen molar-refractivity contribution in [1.29, 1.82) is 0 Å². The second-order valence-corrected chi connectivity index (χ2v) is 7.73. The standard InChI is InChI=1S/C20H22ClNO3S/c1-20(2,13-21)19(24)22-16-9-4-5-10-17(16)26-12-14-7-6-8-15(11-14)18(23)25-3/h4-11H,12-13H2,1-3H3,(H,22,24). The maximum Gasteiger partial charge on any atom is 0.337 e. The van der Waals surface area contributed by atoms with Crippen LogP contribution in [0.5, 0.6) is 0 Å². The molecular weight excluding hydrogens is 370 g/mol. The molecule has 1 N–H and O–H groups in total. The van der Waals surface area contributed by atoms with Crippen molar-refractivity contribution in [2.45, 2.75) is 24.5 Å². The fraction of sp³-hybridized carbons (Fsp3) is 0.300. The van der Waals surface area contributed by atoms with Crippen molar-refractivity contribution in [2.75, 3.05) is 18.3 Å². The fourth-order valence-corrected chi connectivity index (χ4v) is 3.19. The number of alkyl halides is 1. The van der Waals surface area contributed by atoms with Crippen LogP contribution in [0.2, 0.25) is 0 Å². The lowest BCUT2D eigenvalue weighted by Gasteiger charge is -2.21. The molecule has 2 rings (SSSR count). The minimum Gasteiger partial charge on any atom is -0.465 e. The van der Waals surface area contributed by atoms with Crippen LogP contribution in [0.3, 0.4) is 0 Å². The molecule has 0 saturated carbocycles. The van der Waals surface area contributed by atoms with E-state index < -0.39 is 5.41 Å². The van der Waals surface area contributed by atoms with E-state index in [9.17, 15) is 9.59 Å². The monoisotopic (exact) mass is 391 g/mol. The Morgan fingerprint density at radius 1 is 1.15 bits per heavy atom. The lowest BCUT2D eigenvalue weighted by atomic mass is 9.95. The number of halogens is 1. The van der Waals surface area contributed by atoms with Crippen molar-refractivity contribution in [1.82, 2.24) is 0 Å². The van der Waals surface area contributed by atoms with Crippen molar-refractivity contribution >= 4 is 40.9 Å². The van der Waals surface area contributed by atoms with E-state index in [-0.39, 0.29) is 17.8 Å². The zero-order chi connectivity index (χ0) is 19.2. The first-order chi connectivity index (χ1) is 12.4. The van der Waals surface area contributed by atoms with Gasteiger partial charge in [-0.1, -0.05) is 24.3 Å². The molecule has 6 heteroatoms. The zero-order valence-electron chi connectivity index (χ0n) is 15.0. The summed E-state index contributed by atoms with van der Waals surface area (Å²) in [6.07, 6.45) is 0. The highest BCUT2D eigenvalue weighted by atomic mass is 35.5.